The van der Waals surface area contributed by atoms with Gasteiger partial charge in [0.15, 0.2) is 0 Å². The van der Waals surface area contributed by atoms with Crippen molar-refractivity contribution in [3.05, 3.63) is 35.4 Å². The molecule has 0 radical (unpaired) electrons. The molecule has 1 unspecified atom stereocenters. The van der Waals surface area contributed by atoms with Gasteiger partial charge in [-0.25, -0.2) is 8.42 Å². The van der Waals surface area contributed by atoms with Crippen molar-refractivity contribution in [2.45, 2.75) is 39.7 Å². The molecule has 114 valence electrons. The van der Waals surface area contributed by atoms with Gasteiger partial charge in [-0.15, -0.1) is 0 Å². The first-order valence-corrected chi connectivity index (χ1v) is 9.37. The van der Waals surface area contributed by atoms with Crippen LogP contribution in [-0.2, 0) is 16.3 Å². The Morgan fingerprint density at radius 2 is 1.75 bits per heavy atom. The smallest absolute Gasteiger partial charge is 0.149 e. The second-order valence-corrected chi connectivity index (χ2v) is 8.12. The summed E-state index contributed by atoms with van der Waals surface area (Å²) in [7, 11) is -2.99. The van der Waals surface area contributed by atoms with Crippen LogP contribution < -0.4 is 5.32 Å². The molecular weight excluding hydrogens is 270 g/mol. The zero-order chi connectivity index (χ0) is 15.2. The summed E-state index contributed by atoms with van der Waals surface area (Å²) >= 11 is 0. The van der Waals surface area contributed by atoms with Crippen LogP contribution in [0.4, 0.5) is 0 Å². The van der Waals surface area contributed by atoms with E-state index in [9.17, 15) is 8.42 Å². The van der Waals surface area contributed by atoms with Gasteiger partial charge < -0.3 is 5.32 Å². The van der Waals surface area contributed by atoms with E-state index in [4.69, 9.17) is 0 Å². The lowest BCUT2D eigenvalue weighted by Gasteiger charge is -2.18. The van der Waals surface area contributed by atoms with E-state index in [0.29, 0.717) is 5.92 Å². The van der Waals surface area contributed by atoms with Gasteiger partial charge in [0.05, 0.1) is 5.75 Å². The monoisotopic (exact) mass is 297 g/mol. The van der Waals surface area contributed by atoms with Gasteiger partial charge in [-0.1, -0.05) is 45.0 Å². The maximum atomic E-state index is 11.6. The van der Waals surface area contributed by atoms with Crippen LogP contribution >= 0.6 is 0 Å². The van der Waals surface area contributed by atoms with Crippen LogP contribution in [0.3, 0.4) is 0 Å². The molecule has 1 N–H and O–H groups in total. The molecule has 0 aliphatic carbocycles. The highest BCUT2D eigenvalue weighted by molar-refractivity contribution is 7.90. The first-order valence-electron chi connectivity index (χ1n) is 7.31. The largest absolute Gasteiger partial charge is 0.309 e. The average Bonchev–Trinajstić information content (AvgIpc) is 2.33. The Kier molecular flexibility index (Phi) is 6.69. The molecule has 0 fully saturated rings. The second kappa shape index (κ2) is 7.79. The number of hydrogen-bond acceptors (Lipinski definition) is 3. The zero-order valence-corrected chi connectivity index (χ0v) is 13.8. The van der Waals surface area contributed by atoms with Crippen molar-refractivity contribution < 1.29 is 8.42 Å². The molecule has 0 aromatic heterocycles. The van der Waals surface area contributed by atoms with Crippen LogP contribution in [-0.4, -0.2) is 27.0 Å². The van der Waals surface area contributed by atoms with Crippen LogP contribution in [0.15, 0.2) is 24.3 Å². The molecule has 0 spiro atoms. The molecule has 1 atom stereocenters. The fraction of sp³-hybridized carbons (Fsp3) is 0.625. The number of hydrogen-bond donors (Lipinski definition) is 1. The Morgan fingerprint density at radius 1 is 1.15 bits per heavy atom. The van der Waals surface area contributed by atoms with Gasteiger partial charge in [0.1, 0.15) is 9.84 Å². The van der Waals surface area contributed by atoms with Crippen molar-refractivity contribution in [1.82, 2.24) is 5.32 Å². The second-order valence-electron chi connectivity index (χ2n) is 5.94. The minimum atomic E-state index is -2.99. The highest BCUT2D eigenvalue weighted by Gasteiger charge is 2.16. The number of nitrogens with one attached hydrogen (secondary N) is 1. The summed E-state index contributed by atoms with van der Waals surface area (Å²) < 4.78 is 23.1. The lowest BCUT2D eigenvalue weighted by Crippen LogP contribution is -2.28. The maximum Gasteiger partial charge on any atom is 0.149 e. The molecule has 3 nitrogen and oxygen atoms in total. The molecule has 4 heteroatoms. The zero-order valence-electron chi connectivity index (χ0n) is 13.0. The first kappa shape index (κ1) is 17.2. The molecule has 0 aliphatic heterocycles. The number of rotatable bonds is 8. The summed E-state index contributed by atoms with van der Waals surface area (Å²) in [5, 5.41) is 3.32. The lowest BCUT2D eigenvalue weighted by molar-refractivity contribution is 0.549. The van der Waals surface area contributed by atoms with Gasteiger partial charge in [0.2, 0.25) is 0 Å². The lowest BCUT2D eigenvalue weighted by atomic mass is 10.00. The van der Waals surface area contributed by atoms with E-state index in [2.05, 4.69) is 50.4 Å². The average molecular weight is 297 g/mol. The third-order valence-corrected chi connectivity index (χ3v) is 4.08. The van der Waals surface area contributed by atoms with Crippen molar-refractivity contribution in [2.24, 2.45) is 5.92 Å². The third kappa shape index (κ3) is 6.53. The van der Waals surface area contributed by atoms with Crippen molar-refractivity contribution in [3.63, 3.8) is 0 Å². The van der Waals surface area contributed by atoms with Crippen molar-refractivity contribution in [2.75, 3.05) is 18.6 Å². The molecule has 0 aliphatic rings. The van der Waals surface area contributed by atoms with E-state index < -0.39 is 9.84 Å². The maximum absolute atomic E-state index is 11.6. The molecule has 1 aromatic carbocycles. The fourth-order valence-electron chi connectivity index (χ4n) is 2.25. The molecule has 0 bridgehead atoms. The van der Waals surface area contributed by atoms with Crippen molar-refractivity contribution >= 4 is 9.84 Å². The van der Waals surface area contributed by atoms with Crippen LogP contribution in [0, 0.1) is 5.92 Å². The van der Waals surface area contributed by atoms with Crippen LogP contribution in [0.1, 0.15) is 44.4 Å². The quantitative estimate of drug-likeness (QED) is 0.802. The molecule has 0 saturated heterocycles. The summed E-state index contributed by atoms with van der Waals surface area (Å²) in [6.07, 6.45) is 3.34. The molecular formula is C16H27NO2S. The predicted octanol–water partition coefficient (Wildman–Crippen LogP) is 2.97. The van der Waals surface area contributed by atoms with Gasteiger partial charge >= 0.3 is 0 Å². The fourth-order valence-corrected chi connectivity index (χ4v) is 3.17. The Bertz CT molecular complexity index is 492. The number of sulfone groups is 1. The Morgan fingerprint density at radius 3 is 2.20 bits per heavy atom. The third-order valence-electron chi connectivity index (χ3n) is 3.14. The van der Waals surface area contributed by atoms with Gasteiger partial charge in [-0.2, -0.15) is 0 Å². The van der Waals surface area contributed by atoms with Crippen molar-refractivity contribution in [3.8, 4) is 0 Å². The summed E-state index contributed by atoms with van der Waals surface area (Å²) in [4.78, 5) is 0. The van der Waals surface area contributed by atoms with E-state index in [-0.39, 0.29) is 11.8 Å². The van der Waals surface area contributed by atoms with E-state index in [1.54, 1.807) is 0 Å². The van der Waals surface area contributed by atoms with Gasteiger partial charge in [0.25, 0.3) is 0 Å². The Hall–Kier alpha value is -0.870. The van der Waals surface area contributed by atoms with E-state index >= 15 is 0 Å². The Labute approximate surface area is 123 Å². The summed E-state index contributed by atoms with van der Waals surface area (Å²) in [6, 6.07) is 8.21. The van der Waals surface area contributed by atoms with E-state index in [1.807, 2.05) is 0 Å². The van der Waals surface area contributed by atoms with E-state index in [1.165, 1.54) is 11.8 Å². The highest BCUT2D eigenvalue weighted by Crippen LogP contribution is 2.17. The normalized spacial score (nSPS) is 13.7. The van der Waals surface area contributed by atoms with Gasteiger partial charge in [0, 0.05) is 12.3 Å². The molecule has 1 rings (SSSR count). The summed E-state index contributed by atoms with van der Waals surface area (Å²) in [5.41, 5.74) is 2.36. The standard InChI is InChI=1S/C16H27NO2S/c1-5-10-17-16(12-20(4,18)19)15-8-6-14(7-9-15)11-13(2)3/h6-9,13,16-17H,5,10-12H2,1-4H3. The van der Waals surface area contributed by atoms with Crippen LogP contribution in [0.5, 0.6) is 0 Å². The van der Waals surface area contributed by atoms with Crippen LogP contribution in [0.25, 0.3) is 0 Å². The van der Waals surface area contributed by atoms with Crippen molar-refractivity contribution in [1.29, 1.82) is 0 Å². The summed E-state index contributed by atoms with van der Waals surface area (Å²) in [6.45, 7) is 7.30. The highest BCUT2D eigenvalue weighted by atomic mass is 32.2. The topological polar surface area (TPSA) is 46.2 Å². The summed E-state index contributed by atoms with van der Waals surface area (Å²) in [5.74, 6) is 0.780. The molecule has 0 heterocycles. The molecule has 1 aromatic rings. The SMILES string of the molecule is CCCNC(CS(C)(=O)=O)c1ccc(CC(C)C)cc1. The number of benzene rings is 1. The molecule has 20 heavy (non-hydrogen) atoms. The minimum Gasteiger partial charge on any atom is -0.309 e. The molecule has 0 amide bonds. The van der Waals surface area contributed by atoms with Gasteiger partial charge in [-0.05, 0) is 36.4 Å². The van der Waals surface area contributed by atoms with Gasteiger partial charge in [-0.3, -0.25) is 0 Å². The van der Waals surface area contributed by atoms with Crippen LogP contribution in [0.2, 0.25) is 0 Å². The molecule has 0 saturated carbocycles. The predicted molar refractivity (Wildman–Crippen MR) is 85.7 cm³/mol. The minimum absolute atomic E-state index is 0.113. The first-order chi connectivity index (χ1) is 9.31. The Balaban J connectivity index is 2.84. The van der Waals surface area contributed by atoms with E-state index in [0.717, 1.165) is 24.9 Å².